The second-order valence-electron chi connectivity index (χ2n) is 5.40. The van der Waals surface area contributed by atoms with E-state index in [1.807, 2.05) is 0 Å². The van der Waals surface area contributed by atoms with Gasteiger partial charge >= 0.3 is 0 Å². The van der Waals surface area contributed by atoms with Gasteiger partial charge in [-0.2, -0.15) is 4.98 Å². The molecule has 3 unspecified atom stereocenters. The molecule has 1 aliphatic carbocycles. The van der Waals surface area contributed by atoms with Gasteiger partial charge in [-0.3, -0.25) is 0 Å². The molecule has 4 nitrogen and oxygen atoms in total. The monoisotopic (exact) mass is 238 g/mol. The highest BCUT2D eigenvalue weighted by Gasteiger charge is 2.24. The highest BCUT2D eigenvalue weighted by Crippen LogP contribution is 2.34. The average molecular weight is 238 g/mol. The number of aromatic nitrogens is 2. The first-order valence-corrected chi connectivity index (χ1v) is 6.65. The second-order valence-corrected chi connectivity index (χ2v) is 5.40. The zero-order valence-corrected chi connectivity index (χ0v) is 10.7. The number of aliphatic hydroxyl groups excluding tert-OH is 1. The lowest BCUT2D eigenvalue weighted by atomic mass is 9.82. The minimum absolute atomic E-state index is 0.306. The van der Waals surface area contributed by atoms with Crippen LogP contribution in [0.15, 0.2) is 4.52 Å². The Bertz CT molecular complexity index is 349. The predicted molar refractivity (Wildman–Crippen MR) is 64.7 cm³/mol. The van der Waals surface area contributed by atoms with E-state index in [1.54, 1.807) is 6.92 Å². The number of aliphatic hydroxyl groups is 1. The van der Waals surface area contributed by atoms with E-state index in [9.17, 15) is 5.11 Å². The molecule has 1 aromatic rings. The van der Waals surface area contributed by atoms with Crippen LogP contribution < -0.4 is 0 Å². The molecule has 17 heavy (non-hydrogen) atoms. The van der Waals surface area contributed by atoms with Crippen LogP contribution in [0.2, 0.25) is 0 Å². The Morgan fingerprint density at radius 1 is 1.47 bits per heavy atom. The number of aryl methyl sites for hydroxylation is 1. The van der Waals surface area contributed by atoms with Crippen LogP contribution in [0.3, 0.4) is 0 Å². The fraction of sp³-hybridized carbons (Fsp3) is 0.846. The number of hydrogen-bond donors (Lipinski definition) is 1. The van der Waals surface area contributed by atoms with Crippen LogP contribution in [0, 0.1) is 5.92 Å². The summed E-state index contributed by atoms with van der Waals surface area (Å²) in [6, 6.07) is 0. The molecule has 0 saturated heterocycles. The second kappa shape index (κ2) is 5.63. The van der Waals surface area contributed by atoms with Crippen LogP contribution in [-0.2, 0) is 6.42 Å². The van der Waals surface area contributed by atoms with E-state index in [0.717, 1.165) is 11.7 Å². The van der Waals surface area contributed by atoms with Gasteiger partial charge in [-0.1, -0.05) is 24.9 Å². The fourth-order valence-electron chi connectivity index (χ4n) is 2.54. The molecule has 1 aliphatic rings. The molecule has 4 heteroatoms. The van der Waals surface area contributed by atoms with E-state index in [4.69, 9.17) is 4.52 Å². The normalized spacial score (nSPS) is 27.0. The lowest BCUT2D eigenvalue weighted by Gasteiger charge is -2.23. The van der Waals surface area contributed by atoms with Crippen molar-refractivity contribution in [2.24, 2.45) is 5.92 Å². The van der Waals surface area contributed by atoms with Gasteiger partial charge in [0.1, 0.15) is 0 Å². The SMILES string of the molecule is CC(O)CCc1nc(C2CCCC(C)C2)no1. The molecular weight excluding hydrogens is 216 g/mol. The van der Waals surface area contributed by atoms with E-state index in [-0.39, 0.29) is 6.10 Å². The maximum absolute atomic E-state index is 9.21. The van der Waals surface area contributed by atoms with Crippen LogP contribution in [0.1, 0.15) is 63.6 Å². The Morgan fingerprint density at radius 3 is 3.00 bits per heavy atom. The molecule has 0 bridgehead atoms. The summed E-state index contributed by atoms with van der Waals surface area (Å²) < 4.78 is 5.23. The highest BCUT2D eigenvalue weighted by molar-refractivity contribution is 4.97. The zero-order chi connectivity index (χ0) is 12.3. The van der Waals surface area contributed by atoms with E-state index < -0.39 is 0 Å². The topological polar surface area (TPSA) is 59.2 Å². The Kier molecular flexibility index (Phi) is 4.15. The minimum Gasteiger partial charge on any atom is -0.393 e. The predicted octanol–water partition coefficient (Wildman–Crippen LogP) is 2.68. The maximum Gasteiger partial charge on any atom is 0.226 e. The Hall–Kier alpha value is -0.900. The van der Waals surface area contributed by atoms with Gasteiger partial charge in [-0.05, 0) is 32.1 Å². The third-order valence-electron chi connectivity index (χ3n) is 3.56. The summed E-state index contributed by atoms with van der Waals surface area (Å²) in [7, 11) is 0. The van der Waals surface area contributed by atoms with Crippen LogP contribution in [0.25, 0.3) is 0 Å². The zero-order valence-electron chi connectivity index (χ0n) is 10.7. The molecule has 0 amide bonds. The van der Waals surface area contributed by atoms with Crippen molar-refractivity contribution < 1.29 is 9.63 Å². The molecule has 1 N–H and O–H groups in total. The first-order valence-electron chi connectivity index (χ1n) is 6.65. The van der Waals surface area contributed by atoms with Crippen molar-refractivity contribution in [1.82, 2.24) is 10.1 Å². The summed E-state index contributed by atoms with van der Waals surface area (Å²) in [5, 5.41) is 13.3. The Balaban J connectivity index is 1.92. The lowest BCUT2D eigenvalue weighted by Crippen LogP contribution is -2.13. The standard InChI is InChI=1S/C13H22N2O2/c1-9-4-3-5-11(8-9)13-14-12(17-15-13)7-6-10(2)16/h9-11,16H,3-8H2,1-2H3. The van der Waals surface area contributed by atoms with Crippen LogP contribution >= 0.6 is 0 Å². The van der Waals surface area contributed by atoms with Gasteiger partial charge in [0, 0.05) is 12.3 Å². The third kappa shape index (κ3) is 3.53. The summed E-state index contributed by atoms with van der Waals surface area (Å²) in [5.74, 6) is 2.78. The van der Waals surface area contributed by atoms with E-state index in [0.29, 0.717) is 24.7 Å². The van der Waals surface area contributed by atoms with Gasteiger partial charge in [0.05, 0.1) is 6.10 Å². The molecule has 1 saturated carbocycles. The number of hydrogen-bond acceptors (Lipinski definition) is 4. The van der Waals surface area contributed by atoms with Crippen molar-refractivity contribution in [2.75, 3.05) is 0 Å². The Labute approximate surface area is 102 Å². The number of nitrogens with zero attached hydrogens (tertiary/aromatic N) is 2. The molecule has 2 rings (SSSR count). The molecule has 0 radical (unpaired) electrons. The van der Waals surface area contributed by atoms with Gasteiger partial charge in [0.25, 0.3) is 0 Å². The number of rotatable bonds is 4. The summed E-state index contributed by atoms with van der Waals surface area (Å²) in [6.45, 7) is 4.07. The first kappa shape index (κ1) is 12.6. The van der Waals surface area contributed by atoms with Crippen molar-refractivity contribution in [1.29, 1.82) is 0 Å². The summed E-state index contributed by atoms with van der Waals surface area (Å²) in [6.07, 6.45) is 6.00. The lowest BCUT2D eigenvalue weighted by molar-refractivity contribution is 0.180. The molecule has 0 spiro atoms. The van der Waals surface area contributed by atoms with Crippen molar-refractivity contribution >= 4 is 0 Å². The fourth-order valence-corrected chi connectivity index (χ4v) is 2.54. The molecule has 0 aliphatic heterocycles. The van der Waals surface area contributed by atoms with Crippen molar-refractivity contribution in [3.8, 4) is 0 Å². The summed E-state index contributed by atoms with van der Waals surface area (Å²) in [5.41, 5.74) is 0. The highest BCUT2D eigenvalue weighted by atomic mass is 16.5. The average Bonchev–Trinajstić information content (AvgIpc) is 2.75. The summed E-state index contributed by atoms with van der Waals surface area (Å²) >= 11 is 0. The van der Waals surface area contributed by atoms with Crippen LogP contribution in [0.4, 0.5) is 0 Å². The smallest absolute Gasteiger partial charge is 0.226 e. The molecule has 0 aromatic carbocycles. The van der Waals surface area contributed by atoms with Crippen molar-refractivity contribution in [3.05, 3.63) is 11.7 Å². The molecule has 1 aromatic heterocycles. The third-order valence-corrected chi connectivity index (χ3v) is 3.56. The van der Waals surface area contributed by atoms with Crippen LogP contribution in [0.5, 0.6) is 0 Å². The molecular formula is C13H22N2O2. The van der Waals surface area contributed by atoms with Crippen molar-refractivity contribution in [2.45, 2.75) is 64.4 Å². The molecule has 1 fully saturated rings. The molecule has 1 heterocycles. The Morgan fingerprint density at radius 2 is 2.29 bits per heavy atom. The molecule has 96 valence electrons. The maximum atomic E-state index is 9.21. The first-order chi connectivity index (χ1) is 8.15. The van der Waals surface area contributed by atoms with Gasteiger partial charge < -0.3 is 9.63 Å². The van der Waals surface area contributed by atoms with E-state index in [1.165, 1.54) is 25.7 Å². The van der Waals surface area contributed by atoms with Crippen LogP contribution in [-0.4, -0.2) is 21.4 Å². The van der Waals surface area contributed by atoms with Gasteiger partial charge in [-0.15, -0.1) is 0 Å². The van der Waals surface area contributed by atoms with Crippen molar-refractivity contribution in [3.63, 3.8) is 0 Å². The van der Waals surface area contributed by atoms with E-state index >= 15 is 0 Å². The van der Waals surface area contributed by atoms with Gasteiger partial charge in [-0.25, -0.2) is 0 Å². The minimum atomic E-state index is -0.306. The van der Waals surface area contributed by atoms with Gasteiger partial charge in [0.2, 0.25) is 5.89 Å². The van der Waals surface area contributed by atoms with Gasteiger partial charge in [0.15, 0.2) is 5.82 Å². The molecule has 3 atom stereocenters. The van der Waals surface area contributed by atoms with E-state index in [2.05, 4.69) is 17.1 Å². The quantitative estimate of drug-likeness (QED) is 0.876. The summed E-state index contributed by atoms with van der Waals surface area (Å²) in [4.78, 5) is 4.45. The largest absolute Gasteiger partial charge is 0.393 e.